The molecule has 98 valence electrons. The van der Waals surface area contributed by atoms with Crippen molar-refractivity contribution in [3.63, 3.8) is 0 Å². The van der Waals surface area contributed by atoms with Crippen LogP contribution in [0, 0.1) is 23.2 Å². The van der Waals surface area contributed by atoms with Crippen molar-refractivity contribution in [2.45, 2.75) is 51.5 Å². The molecule has 2 heteroatoms. The van der Waals surface area contributed by atoms with Gasteiger partial charge in [-0.2, -0.15) is 0 Å². The summed E-state index contributed by atoms with van der Waals surface area (Å²) in [6.07, 6.45) is 9.26. The zero-order chi connectivity index (χ0) is 11.9. The second kappa shape index (κ2) is 4.55. The first-order valence-corrected chi connectivity index (χ1v) is 7.57. The molecule has 4 aliphatic carbocycles. The van der Waals surface area contributed by atoms with Gasteiger partial charge in [-0.05, 0) is 75.7 Å². The highest BCUT2D eigenvalue weighted by molar-refractivity contribution is 5.02. The normalized spacial score (nSPS) is 45.2. The number of nitrogens with one attached hydrogen (secondary N) is 2. The zero-order valence-corrected chi connectivity index (χ0v) is 11.5. The smallest absolute Gasteiger partial charge is 0.0164 e. The largest absolute Gasteiger partial charge is 0.318 e. The lowest BCUT2D eigenvalue weighted by Crippen LogP contribution is -2.52. The fraction of sp³-hybridized carbons (Fsp3) is 1.00. The molecule has 0 aromatic heterocycles. The third kappa shape index (κ3) is 2.39. The van der Waals surface area contributed by atoms with Gasteiger partial charge in [-0.15, -0.1) is 0 Å². The molecule has 1 unspecified atom stereocenters. The fourth-order valence-electron chi connectivity index (χ4n) is 5.28. The summed E-state index contributed by atoms with van der Waals surface area (Å²) >= 11 is 0. The van der Waals surface area contributed by atoms with Crippen LogP contribution in [0.2, 0.25) is 0 Å². The number of likely N-dealkylation sites (N-methyl/N-ethyl adjacent to an activating group) is 1. The molecule has 2 N–H and O–H groups in total. The van der Waals surface area contributed by atoms with E-state index in [0.29, 0.717) is 11.5 Å². The summed E-state index contributed by atoms with van der Waals surface area (Å²) in [7, 11) is 2.04. The van der Waals surface area contributed by atoms with Gasteiger partial charge >= 0.3 is 0 Å². The van der Waals surface area contributed by atoms with Crippen LogP contribution in [0.1, 0.15) is 45.4 Å². The fourth-order valence-corrected chi connectivity index (χ4v) is 5.28. The van der Waals surface area contributed by atoms with Gasteiger partial charge < -0.3 is 10.6 Å². The highest BCUT2D eigenvalue weighted by Gasteiger charge is 2.50. The first-order chi connectivity index (χ1) is 8.19. The van der Waals surface area contributed by atoms with Gasteiger partial charge in [-0.1, -0.05) is 0 Å². The molecule has 0 spiro atoms. The lowest BCUT2D eigenvalue weighted by atomic mass is 9.49. The molecular formula is C15H28N2. The van der Waals surface area contributed by atoms with Crippen molar-refractivity contribution >= 4 is 0 Å². The lowest BCUT2D eigenvalue weighted by Gasteiger charge is -2.57. The van der Waals surface area contributed by atoms with Gasteiger partial charge in [-0.25, -0.2) is 0 Å². The standard InChI is InChI=1S/C15H28N2/c1-11(9-16-2)17-10-15-6-12-3-13(7-15)5-14(4-12)8-15/h11-14,16-17H,3-10H2,1-2H3. The summed E-state index contributed by atoms with van der Waals surface area (Å²) in [6, 6.07) is 0.619. The molecule has 4 fully saturated rings. The average Bonchev–Trinajstić information content (AvgIpc) is 2.25. The van der Waals surface area contributed by atoms with E-state index in [2.05, 4.69) is 17.6 Å². The van der Waals surface area contributed by atoms with Crippen LogP contribution in [-0.2, 0) is 0 Å². The SMILES string of the molecule is CNCC(C)NCC12CC3CC(CC(C3)C1)C2. The average molecular weight is 236 g/mol. The first-order valence-electron chi connectivity index (χ1n) is 7.57. The van der Waals surface area contributed by atoms with E-state index in [0.717, 1.165) is 24.3 Å². The van der Waals surface area contributed by atoms with E-state index in [9.17, 15) is 0 Å². The van der Waals surface area contributed by atoms with Crippen LogP contribution in [0.5, 0.6) is 0 Å². The summed E-state index contributed by atoms with van der Waals surface area (Å²) in [5.74, 6) is 3.26. The minimum absolute atomic E-state index is 0.619. The maximum atomic E-state index is 3.78. The van der Waals surface area contributed by atoms with Crippen molar-refractivity contribution in [3.05, 3.63) is 0 Å². The van der Waals surface area contributed by atoms with E-state index in [1.165, 1.54) is 25.8 Å². The van der Waals surface area contributed by atoms with E-state index >= 15 is 0 Å². The van der Waals surface area contributed by atoms with E-state index in [1.54, 1.807) is 19.3 Å². The van der Waals surface area contributed by atoms with Gasteiger partial charge in [0.2, 0.25) is 0 Å². The van der Waals surface area contributed by atoms with Crippen LogP contribution in [-0.4, -0.2) is 26.2 Å². The Bertz CT molecular complexity index is 239. The Hall–Kier alpha value is -0.0800. The minimum Gasteiger partial charge on any atom is -0.318 e. The summed E-state index contributed by atoms with van der Waals surface area (Å²) < 4.78 is 0. The van der Waals surface area contributed by atoms with Gasteiger partial charge in [0, 0.05) is 19.1 Å². The Morgan fingerprint density at radius 2 is 1.59 bits per heavy atom. The molecule has 4 rings (SSSR count). The maximum Gasteiger partial charge on any atom is 0.0164 e. The van der Waals surface area contributed by atoms with Gasteiger partial charge in [0.1, 0.15) is 0 Å². The van der Waals surface area contributed by atoms with Crippen molar-refractivity contribution in [1.82, 2.24) is 10.6 Å². The Morgan fingerprint density at radius 1 is 1.06 bits per heavy atom. The summed E-state index contributed by atoms with van der Waals surface area (Å²) in [5.41, 5.74) is 0.691. The quantitative estimate of drug-likeness (QED) is 0.766. The Labute approximate surface area is 106 Å². The predicted molar refractivity (Wildman–Crippen MR) is 72.0 cm³/mol. The molecule has 0 aliphatic heterocycles. The second-order valence-corrected chi connectivity index (χ2v) is 7.26. The van der Waals surface area contributed by atoms with Crippen molar-refractivity contribution in [2.24, 2.45) is 23.2 Å². The number of rotatable bonds is 5. The Kier molecular flexibility index (Phi) is 3.20. The van der Waals surface area contributed by atoms with Gasteiger partial charge in [-0.3, -0.25) is 0 Å². The van der Waals surface area contributed by atoms with Crippen LogP contribution < -0.4 is 10.6 Å². The van der Waals surface area contributed by atoms with Gasteiger partial charge in [0.05, 0.1) is 0 Å². The molecule has 0 aromatic rings. The van der Waals surface area contributed by atoms with E-state index in [4.69, 9.17) is 0 Å². The molecule has 2 nitrogen and oxygen atoms in total. The highest BCUT2D eigenvalue weighted by Crippen LogP contribution is 2.59. The second-order valence-electron chi connectivity index (χ2n) is 7.26. The lowest BCUT2D eigenvalue weighted by molar-refractivity contribution is -0.0522. The zero-order valence-electron chi connectivity index (χ0n) is 11.5. The van der Waals surface area contributed by atoms with Crippen LogP contribution >= 0.6 is 0 Å². The molecule has 4 aliphatic rings. The van der Waals surface area contributed by atoms with Crippen LogP contribution in [0.15, 0.2) is 0 Å². The van der Waals surface area contributed by atoms with Crippen molar-refractivity contribution in [2.75, 3.05) is 20.1 Å². The molecule has 4 bridgehead atoms. The van der Waals surface area contributed by atoms with Crippen molar-refractivity contribution in [1.29, 1.82) is 0 Å². The molecular weight excluding hydrogens is 208 g/mol. The summed E-state index contributed by atoms with van der Waals surface area (Å²) in [6.45, 7) is 4.67. The van der Waals surface area contributed by atoms with Crippen molar-refractivity contribution < 1.29 is 0 Å². The predicted octanol–water partition coefficient (Wildman–Crippen LogP) is 2.40. The third-order valence-electron chi connectivity index (χ3n) is 5.50. The molecule has 1 atom stereocenters. The molecule has 0 radical (unpaired) electrons. The van der Waals surface area contributed by atoms with Crippen LogP contribution in [0.3, 0.4) is 0 Å². The number of hydrogen-bond acceptors (Lipinski definition) is 2. The minimum atomic E-state index is 0.619. The van der Waals surface area contributed by atoms with E-state index in [-0.39, 0.29) is 0 Å². The Morgan fingerprint density at radius 3 is 2.06 bits per heavy atom. The highest BCUT2D eigenvalue weighted by atomic mass is 15.0. The molecule has 0 aromatic carbocycles. The monoisotopic (exact) mass is 236 g/mol. The van der Waals surface area contributed by atoms with E-state index < -0.39 is 0 Å². The molecule has 0 heterocycles. The van der Waals surface area contributed by atoms with Crippen LogP contribution in [0.25, 0.3) is 0 Å². The van der Waals surface area contributed by atoms with Gasteiger partial charge in [0.25, 0.3) is 0 Å². The number of hydrogen-bond donors (Lipinski definition) is 2. The third-order valence-corrected chi connectivity index (χ3v) is 5.50. The molecule has 0 amide bonds. The topological polar surface area (TPSA) is 24.1 Å². The molecule has 0 saturated heterocycles. The molecule has 17 heavy (non-hydrogen) atoms. The first kappa shape index (κ1) is 12.0. The van der Waals surface area contributed by atoms with Crippen LogP contribution in [0.4, 0.5) is 0 Å². The van der Waals surface area contributed by atoms with Crippen molar-refractivity contribution in [3.8, 4) is 0 Å². The van der Waals surface area contributed by atoms with E-state index in [1.807, 2.05) is 7.05 Å². The van der Waals surface area contributed by atoms with Gasteiger partial charge in [0.15, 0.2) is 0 Å². The Balaban J connectivity index is 1.58. The molecule has 4 saturated carbocycles. The maximum absolute atomic E-state index is 3.78. The summed E-state index contributed by atoms with van der Waals surface area (Å²) in [4.78, 5) is 0. The summed E-state index contributed by atoms with van der Waals surface area (Å²) in [5, 5.41) is 7.04.